The molecule has 8 heteroatoms. The Morgan fingerprint density at radius 2 is 2.14 bits per heavy atom. The van der Waals surface area contributed by atoms with Gasteiger partial charge in [0.05, 0.1) is 9.82 Å². The zero-order valence-electron chi connectivity index (χ0n) is 11.7. The Kier molecular flexibility index (Phi) is 3.46. The number of nitro benzene ring substituents is 1. The standard InChI is InChI=1S/C13H17N3O4S/c1-9-2-3-11(16(17)18)6-13(9)21(19,20)15-5-4-10-7-14-8-12(10)15/h2-3,6,10,12,14H,4-5,7-8H2,1H3/t10-,12+/m0/s1. The molecular formula is C13H17N3O4S. The van der Waals surface area contributed by atoms with Crippen molar-refractivity contribution in [2.45, 2.75) is 24.3 Å². The molecule has 0 bridgehead atoms. The number of nitrogens with one attached hydrogen (secondary N) is 1. The van der Waals surface area contributed by atoms with E-state index in [9.17, 15) is 18.5 Å². The van der Waals surface area contributed by atoms with Crippen LogP contribution in [0, 0.1) is 23.0 Å². The van der Waals surface area contributed by atoms with Gasteiger partial charge in [0.1, 0.15) is 0 Å². The number of nitro groups is 1. The van der Waals surface area contributed by atoms with Gasteiger partial charge in [0.15, 0.2) is 0 Å². The second-order valence-electron chi connectivity index (χ2n) is 5.60. The Balaban J connectivity index is 2.02. The van der Waals surface area contributed by atoms with Crippen molar-refractivity contribution in [1.29, 1.82) is 0 Å². The van der Waals surface area contributed by atoms with Gasteiger partial charge in [-0.1, -0.05) is 6.07 Å². The average Bonchev–Trinajstić information content (AvgIpc) is 3.00. The lowest BCUT2D eigenvalue weighted by molar-refractivity contribution is -0.385. The lowest BCUT2D eigenvalue weighted by Crippen LogP contribution is -2.39. The molecule has 3 rings (SSSR count). The van der Waals surface area contributed by atoms with Crippen molar-refractivity contribution < 1.29 is 13.3 Å². The van der Waals surface area contributed by atoms with Crippen LogP contribution in [0.3, 0.4) is 0 Å². The SMILES string of the molecule is Cc1ccc([N+](=O)[O-])cc1S(=O)(=O)N1CC[C@H]2CNC[C@H]21. The van der Waals surface area contributed by atoms with Crippen LogP contribution in [0.1, 0.15) is 12.0 Å². The summed E-state index contributed by atoms with van der Waals surface area (Å²) in [6.07, 6.45) is 0.838. The lowest BCUT2D eigenvalue weighted by Gasteiger charge is -2.23. The number of fused-ring (bicyclic) bond motifs is 1. The lowest BCUT2D eigenvalue weighted by atomic mass is 10.1. The summed E-state index contributed by atoms with van der Waals surface area (Å²) in [6, 6.07) is 3.96. The maximum absolute atomic E-state index is 12.8. The minimum Gasteiger partial charge on any atom is -0.315 e. The van der Waals surface area contributed by atoms with E-state index in [1.54, 1.807) is 6.92 Å². The number of hydrogen-bond acceptors (Lipinski definition) is 5. The second kappa shape index (κ2) is 5.04. The summed E-state index contributed by atoms with van der Waals surface area (Å²) in [5, 5.41) is 14.1. The Morgan fingerprint density at radius 3 is 2.86 bits per heavy atom. The first-order valence-electron chi connectivity index (χ1n) is 6.89. The minimum absolute atomic E-state index is 0.0336. The molecule has 2 aliphatic heterocycles. The van der Waals surface area contributed by atoms with Crippen LogP contribution in [-0.4, -0.2) is 43.3 Å². The van der Waals surface area contributed by atoms with Crippen LogP contribution in [0.25, 0.3) is 0 Å². The molecule has 2 aliphatic rings. The number of non-ortho nitro benzene ring substituents is 1. The molecule has 2 atom stereocenters. The summed E-state index contributed by atoms with van der Waals surface area (Å²) in [4.78, 5) is 10.4. The molecule has 1 aromatic rings. The molecular weight excluding hydrogens is 294 g/mol. The first-order chi connectivity index (χ1) is 9.91. The summed E-state index contributed by atoms with van der Waals surface area (Å²) in [5.74, 6) is 0.346. The molecule has 2 saturated heterocycles. The summed E-state index contributed by atoms with van der Waals surface area (Å²) in [7, 11) is -3.69. The fourth-order valence-corrected chi connectivity index (χ4v) is 5.16. The molecule has 1 N–H and O–H groups in total. The summed E-state index contributed by atoms with van der Waals surface area (Å²) < 4.78 is 27.2. The van der Waals surface area contributed by atoms with Gasteiger partial charge in [0.25, 0.3) is 5.69 Å². The van der Waals surface area contributed by atoms with E-state index in [1.165, 1.54) is 22.5 Å². The van der Waals surface area contributed by atoms with E-state index >= 15 is 0 Å². The van der Waals surface area contributed by atoms with Crippen molar-refractivity contribution in [3.8, 4) is 0 Å². The molecule has 0 radical (unpaired) electrons. The zero-order valence-corrected chi connectivity index (χ0v) is 12.5. The molecule has 1 aromatic carbocycles. The molecule has 0 amide bonds. The second-order valence-corrected chi connectivity index (χ2v) is 7.46. The zero-order chi connectivity index (χ0) is 15.2. The molecule has 7 nitrogen and oxygen atoms in total. The van der Waals surface area contributed by atoms with Gasteiger partial charge in [0.2, 0.25) is 10.0 Å². The van der Waals surface area contributed by atoms with E-state index in [4.69, 9.17) is 0 Å². The predicted octanol–water partition coefficient (Wildman–Crippen LogP) is 0.886. The van der Waals surface area contributed by atoms with Crippen molar-refractivity contribution in [2.75, 3.05) is 19.6 Å². The number of sulfonamides is 1. The highest BCUT2D eigenvalue weighted by molar-refractivity contribution is 7.89. The van der Waals surface area contributed by atoms with Gasteiger partial charge in [-0.3, -0.25) is 10.1 Å². The minimum atomic E-state index is -3.69. The average molecular weight is 311 g/mol. The highest BCUT2D eigenvalue weighted by atomic mass is 32.2. The van der Waals surface area contributed by atoms with Crippen molar-refractivity contribution in [3.63, 3.8) is 0 Å². The van der Waals surface area contributed by atoms with Gasteiger partial charge < -0.3 is 5.32 Å². The molecule has 0 unspecified atom stereocenters. The van der Waals surface area contributed by atoms with E-state index in [0.29, 0.717) is 24.6 Å². The van der Waals surface area contributed by atoms with Gasteiger partial charge in [-0.15, -0.1) is 0 Å². The van der Waals surface area contributed by atoms with E-state index in [2.05, 4.69) is 5.32 Å². The predicted molar refractivity (Wildman–Crippen MR) is 76.5 cm³/mol. The van der Waals surface area contributed by atoms with Crippen LogP contribution in [0.5, 0.6) is 0 Å². The number of hydrogen-bond donors (Lipinski definition) is 1. The van der Waals surface area contributed by atoms with Crippen LogP contribution in [-0.2, 0) is 10.0 Å². The third-order valence-corrected chi connectivity index (χ3v) is 6.43. The highest BCUT2D eigenvalue weighted by Crippen LogP contribution is 2.34. The number of benzene rings is 1. The van der Waals surface area contributed by atoms with E-state index in [0.717, 1.165) is 13.0 Å². The summed E-state index contributed by atoms with van der Waals surface area (Å²) >= 11 is 0. The Labute approximate surface area is 123 Å². The first kappa shape index (κ1) is 14.4. The topological polar surface area (TPSA) is 92.5 Å². The van der Waals surface area contributed by atoms with Gasteiger partial charge in [0, 0.05) is 31.3 Å². The van der Waals surface area contributed by atoms with E-state index in [1.807, 2.05) is 0 Å². The Bertz CT molecular complexity index is 689. The maximum atomic E-state index is 12.8. The molecule has 0 aliphatic carbocycles. The molecule has 114 valence electrons. The van der Waals surface area contributed by atoms with Crippen LogP contribution >= 0.6 is 0 Å². The number of rotatable bonds is 3. The van der Waals surface area contributed by atoms with E-state index < -0.39 is 14.9 Å². The van der Waals surface area contributed by atoms with Crippen molar-refractivity contribution in [1.82, 2.24) is 9.62 Å². The normalized spacial score (nSPS) is 26.0. The van der Waals surface area contributed by atoms with Crippen LogP contribution in [0.15, 0.2) is 23.1 Å². The molecule has 0 aromatic heterocycles. The fraction of sp³-hybridized carbons (Fsp3) is 0.538. The van der Waals surface area contributed by atoms with Crippen molar-refractivity contribution in [3.05, 3.63) is 33.9 Å². The fourth-order valence-electron chi connectivity index (χ4n) is 3.21. The first-order valence-corrected chi connectivity index (χ1v) is 8.33. The van der Waals surface area contributed by atoms with Gasteiger partial charge >= 0.3 is 0 Å². The molecule has 0 saturated carbocycles. The third-order valence-electron chi connectivity index (χ3n) is 4.36. The Hall–Kier alpha value is -1.51. The quantitative estimate of drug-likeness (QED) is 0.661. The van der Waals surface area contributed by atoms with Crippen LogP contribution in [0.2, 0.25) is 0 Å². The molecule has 0 spiro atoms. The van der Waals surface area contributed by atoms with Crippen LogP contribution in [0.4, 0.5) is 5.69 Å². The largest absolute Gasteiger partial charge is 0.315 e. The monoisotopic (exact) mass is 311 g/mol. The Morgan fingerprint density at radius 1 is 1.38 bits per heavy atom. The van der Waals surface area contributed by atoms with Crippen molar-refractivity contribution in [2.24, 2.45) is 5.92 Å². The van der Waals surface area contributed by atoms with Crippen molar-refractivity contribution >= 4 is 15.7 Å². The van der Waals surface area contributed by atoms with Gasteiger partial charge in [-0.25, -0.2) is 8.42 Å². The molecule has 21 heavy (non-hydrogen) atoms. The highest BCUT2D eigenvalue weighted by Gasteiger charge is 2.44. The number of nitrogens with zero attached hydrogens (tertiary/aromatic N) is 2. The molecule has 2 fully saturated rings. The smallest absolute Gasteiger partial charge is 0.270 e. The van der Waals surface area contributed by atoms with Gasteiger partial charge in [-0.05, 0) is 31.4 Å². The molecule has 2 heterocycles. The number of aryl methyl sites for hydroxylation is 1. The van der Waals surface area contributed by atoms with E-state index in [-0.39, 0.29) is 16.6 Å². The maximum Gasteiger partial charge on any atom is 0.270 e. The summed E-state index contributed by atoms with van der Waals surface area (Å²) in [6.45, 7) is 3.64. The van der Waals surface area contributed by atoms with Gasteiger partial charge in [-0.2, -0.15) is 4.31 Å². The third kappa shape index (κ3) is 2.33. The summed E-state index contributed by atoms with van der Waals surface area (Å²) in [5.41, 5.74) is 0.342. The van der Waals surface area contributed by atoms with Crippen LogP contribution < -0.4 is 5.32 Å².